The van der Waals surface area contributed by atoms with E-state index in [1.807, 2.05) is 19.9 Å². The highest BCUT2D eigenvalue weighted by atomic mass is 35.5. The van der Waals surface area contributed by atoms with E-state index >= 15 is 0 Å². The Morgan fingerprint density at radius 2 is 1.96 bits per heavy atom. The molecule has 2 rings (SSSR count). The van der Waals surface area contributed by atoms with Gasteiger partial charge in [-0.25, -0.2) is 8.42 Å². The van der Waals surface area contributed by atoms with Crippen LogP contribution in [0.15, 0.2) is 40.8 Å². The van der Waals surface area contributed by atoms with Crippen LogP contribution in [0.2, 0.25) is 5.02 Å². The minimum absolute atomic E-state index is 0.145. The van der Waals surface area contributed by atoms with Crippen LogP contribution in [0.4, 0.5) is 0 Å². The number of nitrogens with zero attached hydrogens (tertiary/aromatic N) is 1. The molecular weight excluding hydrogens is 348 g/mol. The Hall–Kier alpha value is -1.37. The number of sulfonamides is 1. The van der Waals surface area contributed by atoms with Crippen LogP contribution in [0.5, 0.6) is 0 Å². The van der Waals surface area contributed by atoms with Gasteiger partial charge in [-0.15, -0.1) is 0 Å². The predicted molar refractivity (Wildman–Crippen MR) is 95.4 cm³/mol. The smallest absolute Gasteiger partial charge is 0.244 e. The van der Waals surface area contributed by atoms with Crippen LogP contribution in [0.3, 0.4) is 0 Å². The van der Waals surface area contributed by atoms with E-state index < -0.39 is 16.1 Å². The molecule has 1 unspecified atom stereocenters. The van der Waals surface area contributed by atoms with Crippen molar-refractivity contribution in [3.8, 4) is 0 Å². The molecule has 1 atom stereocenters. The van der Waals surface area contributed by atoms with E-state index in [4.69, 9.17) is 11.6 Å². The molecule has 0 radical (unpaired) electrons. The van der Waals surface area contributed by atoms with Gasteiger partial charge in [0.1, 0.15) is 6.04 Å². The summed E-state index contributed by atoms with van der Waals surface area (Å²) in [6.45, 7) is 4.57. The second-order valence-corrected chi connectivity index (χ2v) is 8.44. The molecule has 1 aliphatic heterocycles. The van der Waals surface area contributed by atoms with Crippen LogP contribution in [0.25, 0.3) is 0 Å². The third-order valence-corrected chi connectivity index (χ3v) is 6.09. The zero-order valence-corrected chi connectivity index (χ0v) is 15.5. The lowest BCUT2D eigenvalue weighted by Gasteiger charge is -2.28. The third kappa shape index (κ3) is 4.59. The van der Waals surface area contributed by atoms with E-state index in [2.05, 4.69) is 5.32 Å². The normalized spacial score (nSPS) is 18.8. The van der Waals surface area contributed by atoms with Crippen molar-refractivity contribution in [1.29, 1.82) is 0 Å². The first-order valence-electron chi connectivity index (χ1n) is 8.01. The molecule has 1 fully saturated rings. The van der Waals surface area contributed by atoms with Crippen LogP contribution in [-0.4, -0.2) is 37.8 Å². The highest BCUT2D eigenvalue weighted by molar-refractivity contribution is 7.89. The Morgan fingerprint density at radius 1 is 1.29 bits per heavy atom. The van der Waals surface area contributed by atoms with Gasteiger partial charge in [-0.05, 0) is 57.4 Å². The molecule has 0 aromatic heterocycles. The molecule has 1 aromatic rings. The molecule has 1 saturated heterocycles. The fourth-order valence-electron chi connectivity index (χ4n) is 2.61. The Balaban J connectivity index is 2.42. The predicted octanol–water partition coefficient (Wildman–Crippen LogP) is 2.97. The van der Waals surface area contributed by atoms with Crippen molar-refractivity contribution in [2.45, 2.75) is 44.0 Å². The molecule has 0 spiro atoms. The number of amides is 1. The first-order valence-corrected chi connectivity index (χ1v) is 9.82. The topological polar surface area (TPSA) is 66.5 Å². The fourth-order valence-corrected chi connectivity index (χ4v) is 4.29. The van der Waals surface area contributed by atoms with E-state index in [0.29, 0.717) is 18.0 Å². The standard InChI is InChI=1S/C17H23ClN2O3S/c1-13(2)10-12-20(16-5-3-4-11-19-17(16)21)24(22,23)15-8-6-14(18)7-9-15/h6-10,16H,3-5,11-12H2,1-2H3,(H,19,21). The monoisotopic (exact) mass is 370 g/mol. The molecule has 1 amide bonds. The second kappa shape index (κ2) is 8.14. The largest absolute Gasteiger partial charge is 0.355 e. The van der Waals surface area contributed by atoms with Crippen molar-refractivity contribution >= 4 is 27.5 Å². The van der Waals surface area contributed by atoms with Gasteiger partial charge in [-0.3, -0.25) is 4.79 Å². The molecule has 0 aliphatic carbocycles. The lowest BCUT2D eigenvalue weighted by Crippen LogP contribution is -2.48. The lowest BCUT2D eigenvalue weighted by molar-refractivity contribution is -0.124. The Morgan fingerprint density at radius 3 is 2.58 bits per heavy atom. The molecule has 0 saturated carbocycles. The number of hydrogen-bond acceptors (Lipinski definition) is 3. The summed E-state index contributed by atoms with van der Waals surface area (Å²) in [5, 5.41) is 3.28. The van der Waals surface area contributed by atoms with E-state index in [1.54, 1.807) is 12.1 Å². The first-order chi connectivity index (χ1) is 11.3. The van der Waals surface area contributed by atoms with E-state index in [1.165, 1.54) is 16.4 Å². The zero-order chi connectivity index (χ0) is 17.7. The van der Waals surface area contributed by atoms with Gasteiger partial charge in [0, 0.05) is 18.1 Å². The van der Waals surface area contributed by atoms with Crippen LogP contribution in [-0.2, 0) is 14.8 Å². The van der Waals surface area contributed by atoms with Crippen molar-refractivity contribution in [2.75, 3.05) is 13.1 Å². The number of benzene rings is 1. The third-order valence-electron chi connectivity index (χ3n) is 3.95. The molecule has 1 heterocycles. The van der Waals surface area contributed by atoms with Crippen LogP contribution >= 0.6 is 11.6 Å². The average Bonchev–Trinajstić information content (AvgIpc) is 2.72. The maximum atomic E-state index is 13.1. The molecular formula is C17H23ClN2O3S. The highest BCUT2D eigenvalue weighted by Crippen LogP contribution is 2.24. The maximum Gasteiger partial charge on any atom is 0.244 e. The molecule has 1 aromatic carbocycles. The summed E-state index contributed by atoms with van der Waals surface area (Å²) in [5.41, 5.74) is 1.00. The molecule has 24 heavy (non-hydrogen) atoms. The van der Waals surface area contributed by atoms with E-state index in [0.717, 1.165) is 18.4 Å². The highest BCUT2D eigenvalue weighted by Gasteiger charge is 2.35. The number of hydrogen-bond donors (Lipinski definition) is 1. The summed E-state index contributed by atoms with van der Waals surface area (Å²) in [6, 6.07) is 5.34. The first kappa shape index (κ1) is 19.0. The number of nitrogens with one attached hydrogen (secondary N) is 1. The number of carbonyl (C=O) groups is 1. The van der Waals surface area contributed by atoms with Crippen molar-refractivity contribution in [3.05, 3.63) is 40.9 Å². The summed E-state index contributed by atoms with van der Waals surface area (Å²) in [6.07, 6.45) is 4.02. The van der Waals surface area contributed by atoms with Gasteiger partial charge >= 0.3 is 0 Å². The summed E-state index contributed by atoms with van der Waals surface area (Å²) in [4.78, 5) is 12.5. The van der Waals surface area contributed by atoms with Crippen LogP contribution in [0.1, 0.15) is 33.1 Å². The Bertz CT molecular complexity index is 710. The van der Waals surface area contributed by atoms with Gasteiger partial charge in [0.15, 0.2) is 0 Å². The maximum absolute atomic E-state index is 13.1. The number of carbonyl (C=O) groups excluding carboxylic acids is 1. The summed E-state index contributed by atoms with van der Waals surface area (Å²) in [5.74, 6) is -0.229. The molecule has 7 heteroatoms. The summed E-state index contributed by atoms with van der Waals surface area (Å²) < 4.78 is 27.5. The van der Waals surface area contributed by atoms with Crippen molar-refractivity contribution in [1.82, 2.24) is 9.62 Å². The van der Waals surface area contributed by atoms with E-state index in [-0.39, 0.29) is 17.3 Å². The minimum Gasteiger partial charge on any atom is -0.355 e. The minimum atomic E-state index is -3.79. The van der Waals surface area contributed by atoms with Crippen LogP contribution in [0, 0.1) is 0 Å². The lowest BCUT2D eigenvalue weighted by atomic mass is 10.1. The quantitative estimate of drug-likeness (QED) is 0.810. The SMILES string of the molecule is CC(C)=CCN(C1CCCCNC1=O)S(=O)(=O)c1ccc(Cl)cc1. The van der Waals surface area contributed by atoms with Gasteiger partial charge in [0.05, 0.1) is 4.90 Å². The molecule has 0 bridgehead atoms. The molecule has 1 aliphatic rings. The van der Waals surface area contributed by atoms with Gasteiger partial charge in [-0.2, -0.15) is 4.31 Å². The number of allylic oxidation sites excluding steroid dienone is 1. The second-order valence-electron chi connectivity index (χ2n) is 6.11. The van der Waals surface area contributed by atoms with Gasteiger partial charge < -0.3 is 5.32 Å². The summed E-state index contributed by atoms with van der Waals surface area (Å²) >= 11 is 5.86. The average molecular weight is 371 g/mol. The number of halogens is 1. The van der Waals surface area contributed by atoms with Gasteiger partial charge in [0.25, 0.3) is 0 Å². The van der Waals surface area contributed by atoms with E-state index in [9.17, 15) is 13.2 Å². The van der Waals surface area contributed by atoms with Crippen molar-refractivity contribution in [3.63, 3.8) is 0 Å². The molecule has 132 valence electrons. The number of rotatable bonds is 5. The summed E-state index contributed by atoms with van der Waals surface area (Å²) in [7, 11) is -3.79. The van der Waals surface area contributed by atoms with Crippen molar-refractivity contribution < 1.29 is 13.2 Å². The molecule has 1 N–H and O–H groups in total. The van der Waals surface area contributed by atoms with Crippen LogP contribution < -0.4 is 5.32 Å². The van der Waals surface area contributed by atoms with Crippen molar-refractivity contribution in [2.24, 2.45) is 0 Å². The van der Waals surface area contributed by atoms with Gasteiger partial charge in [0.2, 0.25) is 15.9 Å². The Labute approximate surface area is 148 Å². The Kier molecular flexibility index (Phi) is 6.43. The van der Waals surface area contributed by atoms with Gasteiger partial charge in [-0.1, -0.05) is 23.3 Å². The molecule has 5 nitrogen and oxygen atoms in total. The fraction of sp³-hybridized carbons (Fsp3) is 0.471. The zero-order valence-electron chi connectivity index (χ0n) is 14.0.